The highest BCUT2D eigenvalue weighted by Gasteiger charge is 2.29. The Morgan fingerprint density at radius 1 is 0.936 bits per heavy atom. The van der Waals surface area contributed by atoms with Crippen molar-refractivity contribution < 1.29 is 14.6 Å². The highest BCUT2D eigenvalue weighted by Crippen LogP contribution is 2.41. The fourth-order valence-electron chi connectivity index (χ4n) is 6.99. The van der Waals surface area contributed by atoms with Crippen LogP contribution in [0, 0.1) is 6.92 Å². The number of carboxylic acids is 1. The Kier molecular flexibility index (Phi) is 11.4. The predicted molar refractivity (Wildman–Crippen MR) is 193 cm³/mol. The number of aryl methyl sites for hydroxylation is 5. The maximum absolute atomic E-state index is 12.9. The van der Waals surface area contributed by atoms with E-state index in [1.165, 1.54) is 11.3 Å². The van der Waals surface area contributed by atoms with Crippen molar-refractivity contribution >= 4 is 27.6 Å². The van der Waals surface area contributed by atoms with Crippen LogP contribution >= 0.6 is 0 Å². The van der Waals surface area contributed by atoms with Crippen molar-refractivity contribution in [3.05, 3.63) is 82.8 Å². The van der Waals surface area contributed by atoms with Gasteiger partial charge in [-0.3, -0.25) is 4.68 Å². The first-order chi connectivity index (χ1) is 22.8. The molecule has 3 heterocycles. The smallest absolute Gasteiger partial charge is 0.352 e. The largest absolute Gasteiger partial charge is 0.493 e. The van der Waals surface area contributed by atoms with Gasteiger partial charge in [0.25, 0.3) is 0 Å². The molecule has 0 amide bonds. The molecule has 0 unspecified atom stereocenters. The molecule has 8 heteroatoms. The Balaban J connectivity index is 0.000000807. The van der Waals surface area contributed by atoms with Crippen LogP contribution in [0.2, 0.25) is 0 Å². The summed E-state index contributed by atoms with van der Waals surface area (Å²) in [6, 6.07) is 18.6. The van der Waals surface area contributed by atoms with Crippen molar-refractivity contribution in [1.29, 1.82) is 0 Å². The molecular formula is C39H51N5O3. The number of benzene rings is 3. The van der Waals surface area contributed by atoms with E-state index in [4.69, 9.17) is 9.84 Å². The monoisotopic (exact) mass is 637 g/mol. The third-order valence-electron chi connectivity index (χ3n) is 9.13. The van der Waals surface area contributed by atoms with Crippen molar-refractivity contribution in [3.8, 4) is 16.9 Å². The van der Waals surface area contributed by atoms with E-state index in [1.54, 1.807) is 0 Å². The second-order valence-electron chi connectivity index (χ2n) is 12.6. The molecule has 0 aliphatic carbocycles. The van der Waals surface area contributed by atoms with E-state index in [0.717, 1.165) is 95.3 Å². The fraction of sp³-hybridized carbons (Fsp3) is 0.436. The van der Waals surface area contributed by atoms with Gasteiger partial charge in [-0.25, -0.2) is 4.79 Å². The first kappa shape index (κ1) is 34.2. The summed E-state index contributed by atoms with van der Waals surface area (Å²) in [4.78, 5) is 15.3. The summed E-state index contributed by atoms with van der Waals surface area (Å²) in [5, 5.41) is 22.0. The summed E-state index contributed by atoms with van der Waals surface area (Å²) in [5.41, 5.74) is 8.09. The first-order valence-corrected chi connectivity index (χ1v) is 17.2. The molecule has 0 saturated carbocycles. The number of hydrogen-bond donors (Lipinski definition) is 2. The lowest BCUT2D eigenvalue weighted by Gasteiger charge is -2.22. The SMILES string of the molecule is CCCc1nn(C)c2c1-c1c(C)ccc3c(CCCOc4cccc5ccccc45)c(C(=O)O)n(c13)CCCN(C)C2.CCNCC. The van der Waals surface area contributed by atoms with Crippen LogP contribution in [0.25, 0.3) is 32.8 Å². The number of aromatic carboxylic acids is 1. The highest BCUT2D eigenvalue weighted by atomic mass is 16.5. The van der Waals surface area contributed by atoms with Gasteiger partial charge in [0.05, 0.1) is 23.5 Å². The number of aromatic nitrogens is 3. The number of carboxylic acid groups (broad SMARTS) is 1. The quantitative estimate of drug-likeness (QED) is 0.153. The van der Waals surface area contributed by atoms with E-state index in [1.807, 2.05) is 36.0 Å². The normalized spacial score (nSPS) is 13.3. The summed E-state index contributed by atoms with van der Waals surface area (Å²) in [7, 11) is 4.18. The molecule has 2 N–H and O–H groups in total. The molecule has 250 valence electrons. The topological polar surface area (TPSA) is 84.5 Å². The van der Waals surface area contributed by atoms with Crippen molar-refractivity contribution in [3.63, 3.8) is 0 Å². The molecule has 0 saturated heterocycles. The second kappa shape index (κ2) is 15.6. The molecule has 0 fully saturated rings. The average Bonchev–Trinajstić information content (AvgIpc) is 3.53. The summed E-state index contributed by atoms with van der Waals surface area (Å²) in [6.07, 6.45) is 4.09. The van der Waals surface area contributed by atoms with Crippen molar-refractivity contribution in [2.75, 3.05) is 33.3 Å². The predicted octanol–water partition coefficient (Wildman–Crippen LogP) is 7.62. The van der Waals surface area contributed by atoms with Gasteiger partial charge in [0.15, 0.2) is 0 Å². The van der Waals surface area contributed by atoms with Crippen LogP contribution in [0.1, 0.15) is 73.0 Å². The van der Waals surface area contributed by atoms with Crippen LogP contribution in [-0.2, 0) is 33.0 Å². The van der Waals surface area contributed by atoms with E-state index < -0.39 is 5.97 Å². The number of nitrogens with zero attached hydrogens (tertiary/aromatic N) is 4. The van der Waals surface area contributed by atoms with Crippen molar-refractivity contribution in [1.82, 2.24) is 24.6 Å². The van der Waals surface area contributed by atoms with Gasteiger partial charge in [0.1, 0.15) is 11.4 Å². The minimum atomic E-state index is -0.870. The lowest BCUT2D eigenvalue weighted by atomic mass is 9.92. The summed E-state index contributed by atoms with van der Waals surface area (Å²) >= 11 is 0. The maximum atomic E-state index is 12.9. The van der Waals surface area contributed by atoms with Crippen LogP contribution in [0.15, 0.2) is 54.6 Å². The van der Waals surface area contributed by atoms with E-state index in [0.29, 0.717) is 31.7 Å². The molecular weight excluding hydrogens is 586 g/mol. The second-order valence-corrected chi connectivity index (χ2v) is 12.6. The first-order valence-electron chi connectivity index (χ1n) is 17.2. The lowest BCUT2D eigenvalue weighted by molar-refractivity contribution is 0.0684. The number of fused-ring (bicyclic) bond motifs is 3. The Morgan fingerprint density at radius 3 is 2.43 bits per heavy atom. The average molecular weight is 638 g/mol. The van der Waals surface area contributed by atoms with Gasteiger partial charge < -0.3 is 24.6 Å². The molecule has 1 aliphatic heterocycles. The molecule has 3 aromatic carbocycles. The van der Waals surface area contributed by atoms with Gasteiger partial charge in [-0.1, -0.05) is 75.7 Å². The zero-order valence-corrected chi connectivity index (χ0v) is 29.0. The van der Waals surface area contributed by atoms with E-state index in [9.17, 15) is 9.90 Å². The zero-order valence-electron chi connectivity index (χ0n) is 29.0. The standard InChI is InChI=1S/C35H40N4O3.C4H11N/c1-5-11-28-32-29(38(4)36-28)22-37(3)19-10-20-39-33-27(18-17-23(2)31(32)33)26(34(39)35(40)41)15-9-21-42-30-16-8-13-24-12-6-7-14-25(24)30;1-3-5-4-2/h6-8,12-14,16-18H,5,9-11,15,19-22H2,1-4H3,(H,40,41);5H,3-4H2,1-2H3. The molecule has 8 nitrogen and oxygen atoms in total. The Bertz CT molecular complexity index is 1830. The molecule has 47 heavy (non-hydrogen) atoms. The van der Waals surface area contributed by atoms with Gasteiger partial charge >= 0.3 is 5.97 Å². The zero-order chi connectivity index (χ0) is 33.5. The highest BCUT2D eigenvalue weighted by molar-refractivity contribution is 6.05. The van der Waals surface area contributed by atoms with Crippen molar-refractivity contribution in [2.24, 2.45) is 7.05 Å². The van der Waals surface area contributed by atoms with Crippen molar-refractivity contribution in [2.45, 2.75) is 72.9 Å². The minimum Gasteiger partial charge on any atom is -0.493 e. The van der Waals surface area contributed by atoms with Crippen LogP contribution in [-0.4, -0.2) is 63.6 Å². The number of ether oxygens (including phenoxy) is 1. The molecule has 5 aromatic rings. The fourth-order valence-corrected chi connectivity index (χ4v) is 6.99. The van der Waals surface area contributed by atoms with Crippen LogP contribution in [0.3, 0.4) is 0 Å². The van der Waals surface area contributed by atoms with Gasteiger partial charge in [-0.2, -0.15) is 5.10 Å². The third-order valence-corrected chi connectivity index (χ3v) is 9.13. The number of carbonyl (C=O) groups is 1. The Morgan fingerprint density at radius 2 is 1.70 bits per heavy atom. The Hall–Kier alpha value is -4.14. The molecule has 1 aliphatic rings. The third kappa shape index (κ3) is 7.24. The Labute approximate surface area is 279 Å². The number of hydrogen-bond acceptors (Lipinski definition) is 5. The summed E-state index contributed by atoms with van der Waals surface area (Å²) < 4.78 is 10.4. The number of nitrogens with one attached hydrogen (secondary N) is 1. The van der Waals surface area contributed by atoms with Gasteiger partial charge in [-0.15, -0.1) is 0 Å². The van der Waals surface area contributed by atoms with Crippen LogP contribution in [0.5, 0.6) is 5.75 Å². The molecule has 2 aromatic heterocycles. The van der Waals surface area contributed by atoms with Gasteiger partial charge in [0.2, 0.25) is 0 Å². The summed E-state index contributed by atoms with van der Waals surface area (Å²) in [5.74, 6) is -0.00708. The molecule has 6 rings (SSSR count). The van der Waals surface area contributed by atoms with Crippen LogP contribution < -0.4 is 10.1 Å². The molecule has 0 bridgehead atoms. The van der Waals surface area contributed by atoms with Gasteiger partial charge in [-0.05, 0) is 81.9 Å². The van der Waals surface area contributed by atoms with Gasteiger partial charge in [0, 0.05) is 42.0 Å². The van der Waals surface area contributed by atoms with E-state index in [2.05, 4.69) is 79.9 Å². The number of rotatable bonds is 10. The summed E-state index contributed by atoms with van der Waals surface area (Å²) in [6.45, 7) is 13.6. The van der Waals surface area contributed by atoms with E-state index in [-0.39, 0.29) is 0 Å². The van der Waals surface area contributed by atoms with Crippen LogP contribution in [0.4, 0.5) is 0 Å². The lowest BCUT2D eigenvalue weighted by Crippen LogP contribution is -2.24. The molecule has 0 spiro atoms. The maximum Gasteiger partial charge on any atom is 0.352 e. The molecule has 0 atom stereocenters. The minimum absolute atomic E-state index is 0.410. The van der Waals surface area contributed by atoms with E-state index >= 15 is 0 Å². The molecule has 0 radical (unpaired) electrons.